The molecule has 6 N–H and O–H groups in total. The molecule has 1 aliphatic heterocycles. The molecule has 1 heterocycles. The highest BCUT2D eigenvalue weighted by Gasteiger charge is 2.45. The molecule has 4 unspecified atom stereocenters. The van der Waals surface area contributed by atoms with Crippen LogP contribution in [0.4, 0.5) is 0 Å². The van der Waals surface area contributed by atoms with Crippen molar-refractivity contribution in [1.82, 2.24) is 5.32 Å². The highest BCUT2D eigenvalue weighted by molar-refractivity contribution is 5.81. The third-order valence-corrected chi connectivity index (χ3v) is 3.21. The molecule has 1 fully saturated rings. The molecule has 1 amide bonds. The Balaban J connectivity index is 2.78. The second-order valence-corrected chi connectivity index (χ2v) is 4.98. The summed E-state index contributed by atoms with van der Waals surface area (Å²) in [5.41, 5.74) is 5.53. The number of ketones is 1. The number of Topliss-reactive ketones (excluding diaryl/α,β-unsaturated/α-hetero) is 1. The van der Waals surface area contributed by atoms with Crippen LogP contribution < -0.4 is 11.1 Å². The van der Waals surface area contributed by atoms with Gasteiger partial charge in [0.15, 0.2) is 6.29 Å². The zero-order valence-corrected chi connectivity index (χ0v) is 11.9. The van der Waals surface area contributed by atoms with Crippen LogP contribution in [0.5, 0.6) is 0 Å². The van der Waals surface area contributed by atoms with Gasteiger partial charge in [0, 0.05) is 6.92 Å². The first-order valence-corrected chi connectivity index (χ1v) is 6.55. The van der Waals surface area contributed by atoms with Crippen molar-refractivity contribution < 1.29 is 34.4 Å². The smallest absolute Gasteiger partial charge is 0.217 e. The van der Waals surface area contributed by atoms with Gasteiger partial charge in [0.25, 0.3) is 0 Å². The summed E-state index contributed by atoms with van der Waals surface area (Å²) in [6.07, 6.45) is -4.98. The molecule has 0 aliphatic carbocycles. The topological polar surface area (TPSA) is 151 Å². The van der Waals surface area contributed by atoms with Gasteiger partial charge in [-0.3, -0.25) is 9.59 Å². The highest BCUT2D eigenvalue weighted by Crippen LogP contribution is 2.22. The van der Waals surface area contributed by atoms with Gasteiger partial charge in [0.05, 0.1) is 19.3 Å². The lowest BCUT2D eigenvalue weighted by atomic mass is 9.97. The van der Waals surface area contributed by atoms with Gasteiger partial charge in [0.1, 0.15) is 30.1 Å². The number of aliphatic hydroxyl groups excluding tert-OH is 3. The lowest BCUT2D eigenvalue weighted by molar-refractivity contribution is -0.270. The minimum atomic E-state index is -1.39. The molecule has 0 radical (unpaired) electrons. The van der Waals surface area contributed by atoms with Crippen molar-refractivity contribution in [3.8, 4) is 0 Å². The summed E-state index contributed by atoms with van der Waals surface area (Å²) in [6.45, 7) is 1.81. The second kappa shape index (κ2) is 7.78. The molecule has 9 heteroatoms. The van der Waals surface area contributed by atoms with Gasteiger partial charge in [0.2, 0.25) is 5.91 Å². The summed E-state index contributed by atoms with van der Waals surface area (Å²) in [5, 5.41) is 31.3. The first-order valence-electron chi connectivity index (χ1n) is 6.55. The predicted octanol–water partition coefficient (Wildman–Crippen LogP) is -3.14. The number of hydrogen-bond acceptors (Lipinski definition) is 8. The van der Waals surface area contributed by atoms with Crippen molar-refractivity contribution in [1.29, 1.82) is 0 Å². The van der Waals surface area contributed by atoms with Crippen LogP contribution >= 0.6 is 0 Å². The van der Waals surface area contributed by atoms with E-state index in [0.717, 1.165) is 0 Å². The fraction of sp³-hybridized carbons (Fsp3) is 0.833. The Morgan fingerprint density at radius 3 is 2.43 bits per heavy atom. The molecule has 0 aromatic carbocycles. The summed E-state index contributed by atoms with van der Waals surface area (Å²) >= 11 is 0. The van der Waals surface area contributed by atoms with E-state index in [1.165, 1.54) is 13.8 Å². The zero-order chi connectivity index (χ0) is 16.2. The molecule has 9 nitrogen and oxygen atoms in total. The Morgan fingerprint density at radius 2 is 1.95 bits per heavy atom. The first-order chi connectivity index (χ1) is 9.77. The number of amides is 1. The molecule has 0 aromatic heterocycles. The average Bonchev–Trinajstić information content (AvgIpc) is 2.42. The van der Waals surface area contributed by atoms with E-state index in [2.05, 4.69) is 5.32 Å². The van der Waals surface area contributed by atoms with Crippen LogP contribution in [0.1, 0.15) is 13.8 Å². The minimum Gasteiger partial charge on any atom is -0.394 e. The zero-order valence-electron chi connectivity index (χ0n) is 11.9. The number of carbonyl (C=O) groups excluding carboxylic acids is 2. The molecule has 0 spiro atoms. The van der Waals surface area contributed by atoms with Gasteiger partial charge in [-0.15, -0.1) is 0 Å². The van der Waals surface area contributed by atoms with Crippen LogP contribution in [0.25, 0.3) is 0 Å². The van der Waals surface area contributed by atoms with E-state index in [1.54, 1.807) is 0 Å². The van der Waals surface area contributed by atoms with Gasteiger partial charge < -0.3 is 35.8 Å². The molecule has 21 heavy (non-hydrogen) atoms. The van der Waals surface area contributed by atoms with Gasteiger partial charge in [-0.2, -0.15) is 0 Å². The summed E-state index contributed by atoms with van der Waals surface area (Å²) in [7, 11) is 0. The Morgan fingerprint density at radius 1 is 1.33 bits per heavy atom. The SMILES string of the molecule is CC(=O)NC1C(OC[C@H](N)C(C)=O)OC(CO)[C@H](O)C1O. The molecule has 0 saturated carbocycles. The highest BCUT2D eigenvalue weighted by atomic mass is 16.7. The normalized spacial score (nSPS) is 34.3. The molecule has 1 rings (SSSR count). The molecular weight excluding hydrogens is 284 g/mol. The number of ether oxygens (including phenoxy) is 2. The molecule has 0 bridgehead atoms. The predicted molar refractivity (Wildman–Crippen MR) is 70.0 cm³/mol. The number of carbonyl (C=O) groups is 2. The number of aliphatic hydroxyl groups is 3. The Bertz CT molecular complexity index is 379. The minimum absolute atomic E-state index is 0.183. The maximum atomic E-state index is 11.2. The third-order valence-electron chi connectivity index (χ3n) is 3.21. The van der Waals surface area contributed by atoms with Gasteiger partial charge in [-0.1, -0.05) is 0 Å². The lowest BCUT2D eigenvalue weighted by Crippen LogP contribution is -2.64. The summed E-state index contributed by atoms with van der Waals surface area (Å²) < 4.78 is 10.6. The van der Waals surface area contributed by atoms with E-state index in [4.69, 9.17) is 20.3 Å². The van der Waals surface area contributed by atoms with Gasteiger partial charge in [-0.05, 0) is 6.92 Å². The van der Waals surface area contributed by atoms with E-state index in [-0.39, 0.29) is 12.4 Å². The van der Waals surface area contributed by atoms with Crippen molar-refractivity contribution in [2.45, 2.75) is 50.5 Å². The van der Waals surface area contributed by atoms with Crippen molar-refractivity contribution in [2.75, 3.05) is 13.2 Å². The molecule has 0 aromatic rings. The van der Waals surface area contributed by atoms with Crippen molar-refractivity contribution in [3.05, 3.63) is 0 Å². The Hall–Kier alpha value is -1.10. The first kappa shape index (κ1) is 18.0. The fourth-order valence-electron chi connectivity index (χ4n) is 1.93. The van der Waals surface area contributed by atoms with E-state index in [9.17, 15) is 19.8 Å². The fourth-order valence-corrected chi connectivity index (χ4v) is 1.93. The van der Waals surface area contributed by atoms with Crippen LogP contribution in [0, 0.1) is 0 Å². The molecule has 122 valence electrons. The molecule has 6 atom stereocenters. The maximum Gasteiger partial charge on any atom is 0.217 e. The van der Waals surface area contributed by atoms with Gasteiger partial charge >= 0.3 is 0 Å². The Labute approximate surface area is 122 Å². The van der Waals surface area contributed by atoms with E-state index in [1.807, 2.05) is 0 Å². The van der Waals surface area contributed by atoms with E-state index >= 15 is 0 Å². The summed E-state index contributed by atoms with van der Waals surface area (Å²) in [4.78, 5) is 22.2. The lowest BCUT2D eigenvalue weighted by Gasteiger charge is -2.42. The van der Waals surface area contributed by atoms with Crippen LogP contribution in [-0.4, -0.2) is 76.9 Å². The number of hydrogen-bond donors (Lipinski definition) is 5. The number of nitrogens with one attached hydrogen (secondary N) is 1. The van der Waals surface area contributed by atoms with Crippen molar-refractivity contribution in [2.24, 2.45) is 5.73 Å². The third kappa shape index (κ3) is 4.70. The number of nitrogens with two attached hydrogens (primary N) is 1. The average molecular weight is 306 g/mol. The second-order valence-electron chi connectivity index (χ2n) is 4.98. The van der Waals surface area contributed by atoms with Crippen molar-refractivity contribution >= 4 is 11.7 Å². The van der Waals surface area contributed by atoms with Crippen LogP contribution in [0.3, 0.4) is 0 Å². The monoisotopic (exact) mass is 306 g/mol. The molecule has 1 saturated heterocycles. The summed E-state index contributed by atoms with van der Waals surface area (Å²) in [6, 6.07) is -1.91. The Kier molecular flexibility index (Phi) is 6.65. The van der Waals surface area contributed by atoms with Gasteiger partial charge in [-0.25, -0.2) is 0 Å². The van der Waals surface area contributed by atoms with Crippen molar-refractivity contribution in [3.63, 3.8) is 0 Å². The standard InChI is InChI=1S/C12H22N2O7/c1-5(16)7(13)4-20-12-9(14-6(2)17)11(19)10(18)8(3-15)21-12/h7-12,15,18-19H,3-4,13H2,1-2H3,(H,14,17)/t7-,8?,9?,10-,11?,12?/m0/s1. The van der Waals surface area contributed by atoms with E-state index in [0.29, 0.717) is 0 Å². The van der Waals surface area contributed by atoms with E-state index < -0.39 is 49.2 Å². The molecule has 1 aliphatic rings. The molecular formula is C12H22N2O7. The van der Waals surface area contributed by atoms with Crippen LogP contribution in [0.2, 0.25) is 0 Å². The van der Waals surface area contributed by atoms with Crippen LogP contribution in [0.15, 0.2) is 0 Å². The largest absolute Gasteiger partial charge is 0.394 e. The number of rotatable bonds is 6. The quantitative estimate of drug-likeness (QED) is 0.345. The van der Waals surface area contributed by atoms with Crippen LogP contribution in [-0.2, 0) is 19.1 Å². The maximum absolute atomic E-state index is 11.2. The summed E-state index contributed by atoms with van der Waals surface area (Å²) in [5.74, 6) is -0.747.